The number of halogens is 3. The lowest BCUT2D eigenvalue weighted by molar-refractivity contribution is 0.872. The van der Waals surface area contributed by atoms with Crippen LogP contribution in [0.15, 0.2) is 30.6 Å². The fourth-order valence-electron chi connectivity index (χ4n) is 1.56. The fourth-order valence-corrected chi connectivity index (χ4v) is 2.28. The van der Waals surface area contributed by atoms with Crippen molar-refractivity contribution >= 4 is 40.6 Å². The summed E-state index contributed by atoms with van der Waals surface area (Å²) < 4.78 is 0. The van der Waals surface area contributed by atoms with Crippen LogP contribution < -0.4 is 5.32 Å². The van der Waals surface area contributed by atoms with E-state index in [0.717, 1.165) is 5.56 Å². The summed E-state index contributed by atoms with van der Waals surface area (Å²) in [4.78, 5) is 7.90. The highest BCUT2D eigenvalue weighted by Gasteiger charge is 2.10. The molecular formula is C12H10Cl3N3. The van der Waals surface area contributed by atoms with E-state index in [-0.39, 0.29) is 6.04 Å². The number of hydrogen-bond donors (Lipinski definition) is 1. The zero-order valence-corrected chi connectivity index (χ0v) is 11.8. The van der Waals surface area contributed by atoms with Crippen LogP contribution in [-0.2, 0) is 0 Å². The summed E-state index contributed by atoms with van der Waals surface area (Å²) >= 11 is 17.8. The minimum atomic E-state index is -0.0132. The van der Waals surface area contributed by atoms with Gasteiger partial charge in [0.25, 0.3) is 0 Å². The summed E-state index contributed by atoms with van der Waals surface area (Å²) in [6.07, 6.45) is 1.40. The average Bonchev–Trinajstić information content (AvgIpc) is 2.28. The molecule has 0 aliphatic rings. The van der Waals surface area contributed by atoms with E-state index in [1.165, 1.54) is 6.33 Å². The molecule has 0 radical (unpaired) electrons. The Morgan fingerprint density at radius 2 is 1.89 bits per heavy atom. The molecule has 1 heterocycles. The highest BCUT2D eigenvalue weighted by molar-refractivity contribution is 6.35. The molecule has 94 valence electrons. The predicted octanol–water partition coefficient (Wildman–Crippen LogP) is 4.61. The number of benzene rings is 1. The van der Waals surface area contributed by atoms with Gasteiger partial charge >= 0.3 is 0 Å². The molecule has 1 aromatic carbocycles. The van der Waals surface area contributed by atoms with Crippen LogP contribution in [0.2, 0.25) is 15.2 Å². The van der Waals surface area contributed by atoms with Gasteiger partial charge in [0, 0.05) is 16.1 Å². The Morgan fingerprint density at radius 1 is 1.11 bits per heavy atom. The third kappa shape index (κ3) is 3.25. The molecule has 6 heteroatoms. The Kier molecular flexibility index (Phi) is 4.27. The quantitative estimate of drug-likeness (QED) is 0.841. The Morgan fingerprint density at radius 3 is 2.56 bits per heavy atom. The van der Waals surface area contributed by atoms with E-state index in [1.807, 2.05) is 13.0 Å². The fraction of sp³-hybridized carbons (Fsp3) is 0.167. The van der Waals surface area contributed by atoms with Crippen LogP contribution in [0.1, 0.15) is 18.5 Å². The number of rotatable bonds is 3. The van der Waals surface area contributed by atoms with Crippen molar-refractivity contribution < 1.29 is 0 Å². The third-order valence-electron chi connectivity index (χ3n) is 2.43. The van der Waals surface area contributed by atoms with E-state index in [0.29, 0.717) is 21.0 Å². The van der Waals surface area contributed by atoms with Crippen molar-refractivity contribution in [3.05, 3.63) is 51.4 Å². The van der Waals surface area contributed by atoms with Gasteiger partial charge in [0.1, 0.15) is 17.3 Å². The molecule has 18 heavy (non-hydrogen) atoms. The van der Waals surface area contributed by atoms with Crippen molar-refractivity contribution in [2.75, 3.05) is 5.32 Å². The van der Waals surface area contributed by atoms with Gasteiger partial charge in [-0.1, -0.05) is 40.9 Å². The minimum Gasteiger partial charge on any atom is -0.363 e. The van der Waals surface area contributed by atoms with Crippen LogP contribution in [0.3, 0.4) is 0 Å². The van der Waals surface area contributed by atoms with Crippen LogP contribution in [0.25, 0.3) is 0 Å². The van der Waals surface area contributed by atoms with E-state index in [2.05, 4.69) is 15.3 Å². The number of nitrogens with one attached hydrogen (secondary N) is 1. The summed E-state index contributed by atoms with van der Waals surface area (Å²) in [7, 11) is 0. The summed E-state index contributed by atoms with van der Waals surface area (Å²) in [6.45, 7) is 1.98. The molecule has 0 bridgehead atoms. The number of aromatic nitrogens is 2. The molecule has 0 saturated heterocycles. The molecular weight excluding hydrogens is 293 g/mol. The Labute approximate surface area is 120 Å². The maximum absolute atomic E-state index is 6.14. The number of hydrogen-bond acceptors (Lipinski definition) is 3. The van der Waals surface area contributed by atoms with Crippen molar-refractivity contribution in [1.29, 1.82) is 0 Å². The van der Waals surface area contributed by atoms with Gasteiger partial charge in [-0.05, 0) is 24.6 Å². The molecule has 0 spiro atoms. The van der Waals surface area contributed by atoms with E-state index in [4.69, 9.17) is 34.8 Å². The lowest BCUT2D eigenvalue weighted by atomic mass is 10.1. The van der Waals surface area contributed by atoms with Crippen molar-refractivity contribution in [2.45, 2.75) is 13.0 Å². The molecule has 1 atom stereocenters. The van der Waals surface area contributed by atoms with Gasteiger partial charge in [0.2, 0.25) is 0 Å². The molecule has 3 nitrogen and oxygen atoms in total. The number of anilines is 1. The first-order valence-electron chi connectivity index (χ1n) is 5.25. The Bertz CT molecular complexity index is 560. The first kappa shape index (κ1) is 13.4. The smallest absolute Gasteiger partial charge is 0.134 e. The normalized spacial score (nSPS) is 12.2. The first-order chi connectivity index (χ1) is 8.56. The van der Waals surface area contributed by atoms with Gasteiger partial charge in [-0.3, -0.25) is 0 Å². The van der Waals surface area contributed by atoms with E-state index >= 15 is 0 Å². The molecule has 2 rings (SSSR count). The zero-order chi connectivity index (χ0) is 13.1. The summed E-state index contributed by atoms with van der Waals surface area (Å²) in [5.41, 5.74) is 0.941. The van der Waals surface area contributed by atoms with Crippen molar-refractivity contribution in [3.63, 3.8) is 0 Å². The Balaban J connectivity index is 2.19. The van der Waals surface area contributed by atoms with Gasteiger partial charge in [0.15, 0.2) is 0 Å². The van der Waals surface area contributed by atoms with E-state index in [9.17, 15) is 0 Å². The van der Waals surface area contributed by atoms with Crippen molar-refractivity contribution in [2.24, 2.45) is 0 Å². The van der Waals surface area contributed by atoms with Crippen LogP contribution in [-0.4, -0.2) is 9.97 Å². The monoisotopic (exact) mass is 301 g/mol. The van der Waals surface area contributed by atoms with Gasteiger partial charge in [0.05, 0.1) is 6.04 Å². The molecule has 1 unspecified atom stereocenters. The molecule has 2 aromatic rings. The SMILES string of the molecule is CC(Nc1cc(Cl)ncn1)c1ccc(Cl)cc1Cl. The van der Waals surface area contributed by atoms with Crippen molar-refractivity contribution in [1.82, 2.24) is 9.97 Å². The third-order valence-corrected chi connectivity index (χ3v) is 3.20. The van der Waals surface area contributed by atoms with Crippen molar-refractivity contribution in [3.8, 4) is 0 Å². The van der Waals surface area contributed by atoms with E-state index in [1.54, 1.807) is 18.2 Å². The van der Waals surface area contributed by atoms with Crippen LogP contribution in [0.5, 0.6) is 0 Å². The lowest BCUT2D eigenvalue weighted by Crippen LogP contribution is -2.08. The average molecular weight is 303 g/mol. The minimum absolute atomic E-state index is 0.0132. The van der Waals surface area contributed by atoms with Gasteiger partial charge in [-0.2, -0.15) is 0 Å². The molecule has 0 aliphatic carbocycles. The molecule has 1 N–H and O–H groups in total. The second kappa shape index (κ2) is 5.74. The summed E-state index contributed by atoms with van der Waals surface area (Å²) in [5, 5.41) is 4.81. The van der Waals surface area contributed by atoms with Crippen LogP contribution in [0, 0.1) is 0 Å². The van der Waals surface area contributed by atoms with Crippen LogP contribution in [0.4, 0.5) is 5.82 Å². The molecule has 0 aliphatic heterocycles. The molecule has 0 amide bonds. The summed E-state index contributed by atoms with van der Waals surface area (Å²) in [5.74, 6) is 0.647. The second-order valence-electron chi connectivity index (χ2n) is 3.76. The molecule has 0 fully saturated rings. The Hall–Kier alpha value is -1.03. The maximum Gasteiger partial charge on any atom is 0.134 e. The highest BCUT2D eigenvalue weighted by atomic mass is 35.5. The predicted molar refractivity (Wildman–Crippen MR) is 75.5 cm³/mol. The van der Waals surface area contributed by atoms with Gasteiger partial charge in [-0.15, -0.1) is 0 Å². The van der Waals surface area contributed by atoms with Crippen LogP contribution >= 0.6 is 34.8 Å². The molecule has 0 saturated carbocycles. The molecule has 1 aromatic heterocycles. The maximum atomic E-state index is 6.14. The second-order valence-corrected chi connectivity index (χ2v) is 4.99. The topological polar surface area (TPSA) is 37.8 Å². The van der Waals surface area contributed by atoms with Gasteiger partial charge < -0.3 is 5.32 Å². The standard InChI is InChI=1S/C12H10Cl3N3/c1-7(9-3-2-8(13)4-10(9)14)18-12-5-11(15)16-6-17-12/h2-7H,1H3,(H,16,17,18). The largest absolute Gasteiger partial charge is 0.363 e. The zero-order valence-electron chi connectivity index (χ0n) is 9.49. The van der Waals surface area contributed by atoms with E-state index < -0.39 is 0 Å². The van der Waals surface area contributed by atoms with Gasteiger partial charge in [-0.25, -0.2) is 9.97 Å². The first-order valence-corrected chi connectivity index (χ1v) is 6.38. The summed E-state index contributed by atoms with van der Waals surface area (Å²) in [6, 6.07) is 7.03. The lowest BCUT2D eigenvalue weighted by Gasteiger charge is -2.16. The number of nitrogens with zero attached hydrogens (tertiary/aromatic N) is 2. The highest BCUT2D eigenvalue weighted by Crippen LogP contribution is 2.28.